The zero-order chi connectivity index (χ0) is 25.5. The van der Waals surface area contributed by atoms with Crippen molar-refractivity contribution in [2.75, 3.05) is 24.5 Å². The minimum absolute atomic E-state index is 0.137. The van der Waals surface area contributed by atoms with Gasteiger partial charge >= 0.3 is 0 Å². The largest absolute Gasteiger partial charge is 0.365 e. The Bertz CT molecular complexity index is 1330. The van der Waals surface area contributed by atoms with Gasteiger partial charge in [-0.2, -0.15) is 5.26 Å². The number of hydrogen-bond acceptors (Lipinski definition) is 6. The van der Waals surface area contributed by atoms with Gasteiger partial charge < -0.3 is 25.7 Å². The minimum atomic E-state index is -0.494. The third-order valence-electron chi connectivity index (χ3n) is 5.64. The van der Waals surface area contributed by atoms with Crippen molar-refractivity contribution in [2.24, 2.45) is 0 Å². The Balaban J connectivity index is 1.69. The summed E-state index contributed by atoms with van der Waals surface area (Å²) >= 11 is 6.56. The van der Waals surface area contributed by atoms with Crippen LogP contribution in [-0.4, -0.2) is 35.6 Å². The lowest BCUT2D eigenvalue weighted by Crippen LogP contribution is -2.29. The molecule has 184 valence electrons. The molecule has 1 aromatic heterocycles. The van der Waals surface area contributed by atoms with Crippen LogP contribution in [0, 0.1) is 11.3 Å². The molecular weight excluding hydrogens is 480 g/mol. The van der Waals surface area contributed by atoms with Gasteiger partial charge in [0.05, 0.1) is 23.4 Å². The molecule has 10 heteroatoms. The molecule has 9 nitrogen and oxygen atoms in total. The van der Waals surface area contributed by atoms with Crippen LogP contribution in [0.3, 0.4) is 0 Å². The molecule has 1 atom stereocenters. The standard InChI is InChI=1S/C26H25ClN6O3/c1-36-15-29-18-11-12-19-21(13-18)30-22(34)6-4-2-3-5-20(25-32-23(19)24(27)33-25)31-26(35)17-9-7-16(14-28)8-10-17/h2-3,7-13,20,29H,4-6,15H2,1H3,(H,30,34)(H,31,35)(H,32,33)/b3-2+/t20-/m0/s1. The second-order valence-corrected chi connectivity index (χ2v) is 8.54. The lowest BCUT2D eigenvalue weighted by atomic mass is 10.1. The molecule has 3 aromatic rings. The highest BCUT2D eigenvalue weighted by molar-refractivity contribution is 6.32. The van der Waals surface area contributed by atoms with Crippen LogP contribution in [0.15, 0.2) is 54.6 Å². The van der Waals surface area contributed by atoms with E-state index in [2.05, 4.69) is 20.9 Å². The van der Waals surface area contributed by atoms with Crippen molar-refractivity contribution >= 4 is 34.8 Å². The molecule has 0 saturated carbocycles. The fourth-order valence-electron chi connectivity index (χ4n) is 3.79. The van der Waals surface area contributed by atoms with Gasteiger partial charge in [0.15, 0.2) is 0 Å². The molecule has 0 aliphatic carbocycles. The number of aromatic nitrogens is 2. The van der Waals surface area contributed by atoms with E-state index >= 15 is 0 Å². The first-order chi connectivity index (χ1) is 17.5. The van der Waals surface area contributed by atoms with Gasteiger partial charge in [-0.15, -0.1) is 0 Å². The van der Waals surface area contributed by atoms with Gasteiger partial charge in [-0.3, -0.25) is 9.59 Å². The number of carbonyl (C=O) groups is 2. The van der Waals surface area contributed by atoms with Crippen LogP contribution in [0.2, 0.25) is 5.15 Å². The molecule has 2 aromatic carbocycles. The molecule has 0 saturated heterocycles. The molecular formula is C26H25ClN6O3. The second kappa shape index (κ2) is 11.5. The number of anilines is 2. The van der Waals surface area contributed by atoms with Crippen molar-refractivity contribution in [3.63, 3.8) is 0 Å². The van der Waals surface area contributed by atoms with E-state index in [4.69, 9.17) is 26.6 Å². The summed E-state index contributed by atoms with van der Waals surface area (Å²) in [6.07, 6.45) is 5.10. The maximum Gasteiger partial charge on any atom is 0.251 e. The first kappa shape index (κ1) is 25.0. The Labute approximate surface area is 213 Å². The van der Waals surface area contributed by atoms with Crippen molar-refractivity contribution in [3.05, 3.63) is 76.7 Å². The fraction of sp³-hybridized carbons (Fsp3) is 0.231. The lowest BCUT2D eigenvalue weighted by Gasteiger charge is -2.15. The molecule has 1 aliphatic rings. The summed E-state index contributed by atoms with van der Waals surface area (Å²) < 4.78 is 5.07. The van der Waals surface area contributed by atoms with Gasteiger partial charge in [-0.05, 0) is 55.3 Å². The third-order valence-corrected chi connectivity index (χ3v) is 5.91. The first-order valence-corrected chi connectivity index (χ1v) is 11.7. The maximum atomic E-state index is 12.9. The average molecular weight is 505 g/mol. The van der Waals surface area contributed by atoms with Gasteiger partial charge in [-0.25, -0.2) is 4.98 Å². The summed E-state index contributed by atoms with van der Waals surface area (Å²) in [6, 6.07) is 13.4. The van der Waals surface area contributed by atoms with Crippen molar-refractivity contribution in [2.45, 2.75) is 25.3 Å². The van der Waals surface area contributed by atoms with Crippen molar-refractivity contribution in [1.29, 1.82) is 5.26 Å². The van der Waals surface area contributed by atoms with Gasteiger partial charge in [0.2, 0.25) is 5.91 Å². The molecule has 4 rings (SSSR count). The normalized spacial score (nSPS) is 16.2. The van der Waals surface area contributed by atoms with E-state index in [0.29, 0.717) is 59.9 Å². The highest BCUT2D eigenvalue weighted by Crippen LogP contribution is 2.35. The Kier molecular flexibility index (Phi) is 8.00. The zero-order valence-electron chi connectivity index (χ0n) is 19.6. The Morgan fingerprint density at radius 2 is 2.06 bits per heavy atom. The number of methoxy groups -OCH3 is 1. The molecule has 2 heterocycles. The van der Waals surface area contributed by atoms with Gasteiger partial charge in [-0.1, -0.05) is 23.8 Å². The van der Waals surface area contributed by atoms with Crippen molar-refractivity contribution in [1.82, 2.24) is 15.3 Å². The number of nitrogens with zero attached hydrogens (tertiary/aromatic N) is 2. The minimum Gasteiger partial charge on any atom is -0.365 e. The number of hydrogen-bond donors (Lipinski definition) is 4. The number of allylic oxidation sites excluding steroid dienone is 1. The summed E-state index contributed by atoms with van der Waals surface area (Å²) in [5.74, 6) is 0.0451. The van der Waals surface area contributed by atoms with E-state index in [0.717, 1.165) is 5.69 Å². The van der Waals surface area contributed by atoms with E-state index in [1.54, 1.807) is 37.4 Å². The lowest BCUT2D eigenvalue weighted by molar-refractivity contribution is -0.116. The first-order valence-electron chi connectivity index (χ1n) is 11.4. The number of halogens is 1. The number of carbonyl (C=O) groups excluding carboxylic acids is 2. The number of rotatable bonds is 5. The number of imidazole rings is 1. The monoisotopic (exact) mass is 504 g/mol. The zero-order valence-corrected chi connectivity index (χ0v) is 20.4. The van der Waals surface area contributed by atoms with Crippen LogP contribution in [0.1, 0.15) is 47.1 Å². The van der Waals surface area contributed by atoms with Gasteiger partial charge in [0.1, 0.15) is 23.4 Å². The fourth-order valence-corrected chi connectivity index (χ4v) is 4.03. The van der Waals surface area contributed by atoms with Crippen molar-refractivity contribution in [3.8, 4) is 17.3 Å². The number of benzene rings is 2. The smallest absolute Gasteiger partial charge is 0.251 e. The van der Waals surface area contributed by atoms with E-state index in [-0.39, 0.29) is 17.0 Å². The number of fused-ring (bicyclic) bond motifs is 4. The van der Waals surface area contributed by atoms with Crippen LogP contribution in [0.5, 0.6) is 0 Å². The van der Waals surface area contributed by atoms with Gasteiger partial charge in [0.25, 0.3) is 5.91 Å². The number of nitriles is 1. The summed E-state index contributed by atoms with van der Waals surface area (Å²) in [5.41, 5.74) is 3.32. The van der Waals surface area contributed by atoms with E-state index < -0.39 is 6.04 Å². The predicted octanol–water partition coefficient (Wildman–Crippen LogP) is 4.77. The average Bonchev–Trinajstić information content (AvgIpc) is 3.27. The quantitative estimate of drug-likeness (QED) is 0.292. The molecule has 4 N–H and O–H groups in total. The van der Waals surface area contributed by atoms with Gasteiger partial charge in [0, 0.05) is 30.3 Å². The molecule has 0 radical (unpaired) electrons. The Morgan fingerprint density at radius 1 is 1.25 bits per heavy atom. The molecule has 2 bridgehead atoms. The topological polar surface area (TPSA) is 132 Å². The Morgan fingerprint density at radius 3 is 2.81 bits per heavy atom. The van der Waals surface area contributed by atoms with Crippen LogP contribution in [-0.2, 0) is 9.53 Å². The summed E-state index contributed by atoms with van der Waals surface area (Å²) in [6.45, 7) is 0.311. The van der Waals surface area contributed by atoms with E-state index in [9.17, 15) is 9.59 Å². The molecule has 0 spiro atoms. The van der Waals surface area contributed by atoms with Crippen molar-refractivity contribution < 1.29 is 14.3 Å². The molecule has 2 amide bonds. The summed E-state index contributed by atoms with van der Waals surface area (Å²) in [5, 5.41) is 18.4. The van der Waals surface area contributed by atoms with E-state index in [1.165, 1.54) is 0 Å². The SMILES string of the molecule is COCNc1ccc2c(c1)NC(=O)CC/C=C/C[C@H](NC(=O)c1ccc(C#N)cc1)c1nc-2c(Cl)[nH]1. The molecule has 1 aliphatic heterocycles. The maximum absolute atomic E-state index is 12.9. The van der Waals surface area contributed by atoms with Crippen LogP contribution < -0.4 is 16.0 Å². The summed E-state index contributed by atoms with van der Waals surface area (Å²) in [7, 11) is 1.58. The molecule has 0 fully saturated rings. The number of amides is 2. The predicted molar refractivity (Wildman–Crippen MR) is 138 cm³/mol. The second-order valence-electron chi connectivity index (χ2n) is 8.16. The number of nitrogens with one attached hydrogen (secondary N) is 4. The van der Waals surface area contributed by atoms with Crippen LogP contribution in [0.25, 0.3) is 11.3 Å². The van der Waals surface area contributed by atoms with E-state index in [1.807, 2.05) is 30.4 Å². The highest BCUT2D eigenvalue weighted by atomic mass is 35.5. The highest BCUT2D eigenvalue weighted by Gasteiger charge is 2.23. The number of aromatic amines is 1. The number of ether oxygens (including phenoxy) is 1. The van der Waals surface area contributed by atoms with Crippen LogP contribution in [0.4, 0.5) is 11.4 Å². The van der Waals surface area contributed by atoms with Crippen LogP contribution >= 0.6 is 11.6 Å². The molecule has 36 heavy (non-hydrogen) atoms. The molecule has 0 unspecified atom stereocenters. The Hall–Kier alpha value is -4.13. The summed E-state index contributed by atoms with van der Waals surface area (Å²) in [4.78, 5) is 33.4. The third kappa shape index (κ3) is 5.92. The number of H-pyrrole nitrogens is 1.